The van der Waals surface area contributed by atoms with E-state index < -0.39 is 11.7 Å². The first-order valence-electron chi connectivity index (χ1n) is 5.39. The first kappa shape index (κ1) is 13.5. The molecule has 2 aromatic rings. The molecule has 0 atom stereocenters. The lowest BCUT2D eigenvalue weighted by Gasteiger charge is -2.07. The second-order valence-electron chi connectivity index (χ2n) is 3.78. The predicted molar refractivity (Wildman–Crippen MR) is 71.2 cm³/mol. The lowest BCUT2D eigenvalue weighted by atomic mass is 10.1. The van der Waals surface area contributed by atoms with Crippen LogP contribution in [0.2, 0.25) is 0 Å². The van der Waals surface area contributed by atoms with Crippen molar-refractivity contribution in [2.75, 3.05) is 0 Å². The van der Waals surface area contributed by atoms with Crippen LogP contribution in [0.1, 0.15) is 15.9 Å². The molecule has 0 bridgehead atoms. The van der Waals surface area contributed by atoms with E-state index in [4.69, 9.17) is 10.5 Å². The SMILES string of the molecule is NC(=O)c1ccc(COc2ccc(Br)nc2)c(F)c1. The standard InChI is InChI=1S/C13H10BrFN2O2/c14-12-4-3-10(6-17-12)19-7-9-2-1-8(13(16)18)5-11(9)15/h1-6H,7H2,(H2,16,18). The fraction of sp³-hybridized carbons (Fsp3) is 0.0769. The van der Waals surface area contributed by atoms with Crippen LogP contribution in [0.15, 0.2) is 41.1 Å². The van der Waals surface area contributed by atoms with Crippen molar-refractivity contribution >= 4 is 21.8 Å². The largest absolute Gasteiger partial charge is 0.487 e. The molecule has 0 unspecified atom stereocenters. The molecular formula is C13H10BrFN2O2. The Morgan fingerprint density at radius 3 is 2.74 bits per heavy atom. The number of rotatable bonds is 4. The van der Waals surface area contributed by atoms with E-state index in [0.717, 1.165) is 6.07 Å². The van der Waals surface area contributed by atoms with Crippen LogP contribution < -0.4 is 10.5 Å². The highest BCUT2D eigenvalue weighted by atomic mass is 79.9. The number of carbonyl (C=O) groups is 1. The number of nitrogens with zero attached hydrogens (tertiary/aromatic N) is 1. The van der Waals surface area contributed by atoms with Crippen LogP contribution in [-0.4, -0.2) is 10.9 Å². The maximum Gasteiger partial charge on any atom is 0.248 e. The number of hydrogen-bond donors (Lipinski definition) is 1. The number of nitrogens with two attached hydrogens (primary N) is 1. The summed E-state index contributed by atoms with van der Waals surface area (Å²) in [5.41, 5.74) is 5.53. The lowest BCUT2D eigenvalue weighted by Crippen LogP contribution is -2.11. The van der Waals surface area contributed by atoms with Crippen molar-refractivity contribution in [2.45, 2.75) is 6.61 Å². The number of hydrogen-bond acceptors (Lipinski definition) is 3. The Labute approximate surface area is 117 Å². The van der Waals surface area contributed by atoms with E-state index >= 15 is 0 Å². The Morgan fingerprint density at radius 2 is 2.16 bits per heavy atom. The van der Waals surface area contributed by atoms with E-state index in [1.165, 1.54) is 18.3 Å². The van der Waals surface area contributed by atoms with E-state index in [-0.39, 0.29) is 12.2 Å². The number of amides is 1. The van der Waals surface area contributed by atoms with Crippen molar-refractivity contribution in [2.24, 2.45) is 5.73 Å². The normalized spacial score (nSPS) is 10.2. The van der Waals surface area contributed by atoms with Crippen LogP contribution in [0.3, 0.4) is 0 Å². The summed E-state index contributed by atoms with van der Waals surface area (Å²) in [6.45, 7) is 0.0498. The summed E-state index contributed by atoms with van der Waals surface area (Å²) in [6.07, 6.45) is 1.53. The van der Waals surface area contributed by atoms with Gasteiger partial charge in [-0.15, -0.1) is 0 Å². The number of aromatic nitrogens is 1. The number of halogens is 2. The molecule has 1 heterocycles. The van der Waals surface area contributed by atoms with Crippen molar-refractivity contribution in [1.82, 2.24) is 4.98 Å². The fourth-order valence-electron chi connectivity index (χ4n) is 1.43. The van der Waals surface area contributed by atoms with Gasteiger partial charge in [-0.25, -0.2) is 9.37 Å². The third kappa shape index (κ3) is 3.51. The lowest BCUT2D eigenvalue weighted by molar-refractivity contribution is 0.0999. The summed E-state index contributed by atoms with van der Waals surface area (Å²) >= 11 is 3.20. The molecule has 0 saturated carbocycles. The minimum absolute atomic E-state index is 0.0498. The van der Waals surface area contributed by atoms with Crippen molar-refractivity contribution in [3.8, 4) is 5.75 Å². The van der Waals surface area contributed by atoms with E-state index in [2.05, 4.69) is 20.9 Å². The first-order chi connectivity index (χ1) is 9.06. The third-order valence-electron chi connectivity index (χ3n) is 2.43. The summed E-state index contributed by atoms with van der Waals surface area (Å²) < 4.78 is 19.7. The van der Waals surface area contributed by atoms with E-state index in [1.807, 2.05) is 0 Å². The maximum absolute atomic E-state index is 13.7. The van der Waals surface area contributed by atoms with Crippen LogP contribution in [0, 0.1) is 5.82 Å². The molecular weight excluding hydrogens is 315 g/mol. The number of carbonyl (C=O) groups excluding carboxylic acids is 1. The molecule has 6 heteroatoms. The highest BCUT2D eigenvalue weighted by molar-refractivity contribution is 9.10. The van der Waals surface area contributed by atoms with Gasteiger partial charge in [0.05, 0.1) is 6.20 Å². The molecule has 19 heavy (non-hydrogen) atoms. The quantitative estimate of drug-likeness (QED) is 0.879. The zero-order valence-corrected chi connectivity index (χ0v) is 11.4. The number of ether oxygens (including phenoxy) is 1. The van der Waals surface area contributed by atoms with Crippen LogP contribution in [0.25, 0.3) is 0 Å². The van der Waals surface area contributed by atoms with Gasteiger partial charge in [0.15, 0.2) is 0 Å². The van der Waals surface area contributed by atoms with Gasteiger partial charge in [0, 0.05) is 11.1 Å². The number of primary amides is 1. The molecule has 0 aliphatic heterocycles. The van der Waals surface area contributed by atoms with E-state index in [1.54, 1.807) is 12.1 Å². The van der Waals surface area contributed by atoms with Crippen LogP contribution in [0.5, 0.6) is 5.75 Å². The van der Waals surface area contributed by atoms with E-state index in [0.29, 0.717) is 15.9 Å². The highest BCUT2D eigenvalue weighted by Gasteiger charge is 2.07. The van der Waals surface area contributed by atoms with Gasteiger partial charge < -0.3 is 10.5 Å². The minimum atomic E-state index is -0.663. The number of pyridine rings is 1. The highest BCUT2D eigenvalue weighted by Crippen LogP contribution is 2.16. The molecule has 1 amide bonds. The topological polar surface area (TPSA) is 65.2 Å². The smallest absolute Gasteiger partial charge is 0.248 e. The fourth-order valence-corrected chi connectivity index (χ4v) is 1.66. The summed E-state index contributed by atoms with van der Waals surface area (Å²) in [4.78, 5) is 14.9. The van der Waals surface area contributed by atoms with Gasteiger partial charge >= 0.3 is 0 Å². The summed E-state index contributed by atoms with van der Waals surface area (Å²) in [6, 6.07) is 7.47. The first-order valence-corrected chi connectivity index (χ1v) is 6.18. The molecule has 2 rings (SSSR count). The number of benzene rings is 1. The van der Waals surface area contributed by atoms with Crippen LogP contribution in [-0.2, 0) is 6.61 Å². The Kier molecular flexibility index (Phi) is 4.11. The third-order valence-corrected chi connectivity index (χ3v) is 2.90. The Morgan fingerprint density at radius 1 is 1.37 bits per heavy atom. The van der Waals surface area contributed by atoms with Crippen LogP contribution in [0.4, 0.5) is 4.39 Å². The maximum atomic E-state index is 13.7. The molecule has 0 saturated heterocycles. The van der Waals surface area contributed by atoms with Gasteiger partial charge in [0.25, 0.3) is 0 Å². The molecule has 1 aromatic heterocycles. The second kappa shape index (κ2) is 5.79. The molecule has 0 radical (unpaired) electrons. The van der Waals surface area contributed by atoms with Gasteiger partial charge in [-0.2, -0.15) is 0 Å². The van der Waals surface area contributed by atoms with Gasteiger partial charge in [0.1, 0.15) is 22.8 Å². The molecule has 0 aliphatic carbocycles. The molecule has 1 aromatic carbocycles. The van der Waals surface area contributed by atoms with Gasteiger partial charge in [-0.05, 0) is 40.2 Å². The van der Waals surface area contributed by atoms with Gasteiger partial charge in [-0.1, -0.05) is 6.07 Å². The Balaban J connectivity index is 2.07. The summed E-state index contributed by atoms with van der Waals surface area (Å²) in [5, 5.41) is 0. The Hall–Kier alpha value is -1.95. The van der Waals surface area contributed by atoms with Gasteiger partial charge in [0.2, 0.25) is 5.91 Å². The summed E-state index contributed by atoms with van der Waals surface area (Å²) in [5.74, 6) is -0.661. The molecule has 98 valence electrons. The monoisotopic (exact) mass is 324 g/mol. The van der Waals surface area contributed by atoms with Gasteiger partial charge in [-0.3, -0.25) is 4.79 Å². The minimum Gasteiger partial charge on any atom is -0.487 e. The van der Waals surface area contributed by atoms with Crippen molar-refractivity contribution in [3.05, 3.63) is 58.1 Å². The average Bonchev–Trinajstić information content (AvgIpc) is 2.39. The average molecular weight is 325 g/mol. The zero-order valence-electron chi connectivity index (χ0n) is 9.77. The van der Waals surface area contributed by atoms with Crippen molar-refractivity contribution in [3.63, 3.8) is 0 Å². The zero-order chi connectivity index (χ0) is 13.8. The van der Waals surface area contributed by atoms with Crippen molar-refractivity contribution < 1.29 is 13.9 Å². The molecule has 2 N–H and O–H groups in total. The molecule has 0 aliphatic rings. The molecule has 4 nitrogen and oxygen atoms in total. The van der Waals surface area contributed by atoms with Crippen molar-refractivity contribution in [1.29, 1.82) is 0 Å². The Bertz CT molecular complexity index is 602. The molecule has 0 fully saturated rings. The summed E-state index contributed by atoms with van der Waals surface area (Å²) in [7, 11) is 0. The van der Waals surface area contributed by atoms with Crippen LogP contribution >= 0.6 is 15.9 Å². The molecule has 0 spiro atoms. The second-order valence-corrected chi connectivity index (χ2v) is 4.59. The van der Waals surface area contributed by atoms with E-state index in [9.17, 15) is 9.18 Å². The predicted octanol–water partition coefficient (Wildman–Crippen LogP) is 2.66.